The average Bonchev–Trinajstić information content (AvgIpc) is 2.69. The van der Waals surface area contributed by atoms with Crippen molar-refractivity contribution in [2.75, 3.05) is 13.1 Å². The van der Waals surface area contributed by atoms with Gasteiger partial charge in [0.1, 0.15) is 0 Å². The van der Waals surface area contributed by atoms with Gasteiger partial charge >= 0.3 is 0 Å². The molecule has 84 valence electrons. The topological polar surface area (TPSA) is 34.0 Å². The minimum atomic E-state index is 0.294. The lowest BCUT2D eigenvalue weighted by atomic mass is 9.98. The molecule has 1 aromatic heterocycles. The summed E-state index contributed by atoms with van der Waals surface area (Å²) in [6.45, 7) is 9.13. The average molecular weight is 208 g/mol. The van der Waals surface area contributed by atoms with Gasteiger partial charge in [-0.3, -0.25) is 4.90 Å². The van der Waals surface area contributed by atoms with Gasteiger partial charge in [-0.1, -0.05) is 0 Å². The van der Waals surface area contributed by atoms with Crippen LogP contribution in [0.4, 0.5) is 0 Å². The molecule has 4 nitrogen and oxygen atoms in total. The van der Waals surface area contributed by atoms with Crippen molar-refractivity contribution < 1.29 is 0 Å². The molecule has 15 heavy (non-hydrogen) atoms. The van der Waals surface area contributed by atoms with Crippen LogP contribution < -0.4 is 0 Å². The Kier molecular flexibility index (Phi) is 2.78. The van der Waals surface area contributed by atoms with Gasteiger partial charge in [-0.15, -0.1) is 0 Å². The van der Waals surface area contributed by atoms with Crippen LogP contribution in [0.2, 0.25) is 0 Å². The van der Waals surface area contributed by atoms with Crippen LogP contribution in [-0.2, 0) is 0 Å². The third kappa shape index (κ3) is 2.37. The highest BCUT2D eigenvalue weighted by molar-refractivity contribution is 4.83. The summed E-state index contributed by atoms with van der Waals surface area (Å²) >= 11 is 0. The van der Waals surface area contributed by atoms with Gasteiger partial charge in [0, 0.05) is 18.6 Å². The van der Waals surface area contributed by atoms with Gasteiger partial charge in [0.25, 0.3) is 0 Å². The standard InChI is InChI=1S/C11H20N4/c1-11(2,3)14-8-4-10(5-9-14)15-12-6-7-13-15/h6-7,10H,4-5,8-9H2,1-3H3. The van der Waals surface area contributed by atoms with Gasteiger partial charge in [0.05, 0.1) is 18.4 Å². The van der Waals surface area contributed by atoms with Crippen LogP contribution in [0, 0.1) is 0 Å². The minimum Gasteiger partial charge on any atom is -0.298 e. The fourth-order valence-corrected chi connectivity index (χ4v) is 2.18. The van der Waals surface area contributed by atoms with Crippen LogP contribution >= 0.6 is 0 Å². The third-order valence-corrected chi connectivity index (χ3v) is 3.18. The molecule has 1 fully saturated rings. The molecule has 0 aromatic carbocycles. The predicted octanol–water partition coefficient (Wildman–Crippen LogP) is 1.71. The van der Waals surface area contributed by atoms with Crippen LogP contribution in [0.25, 0.3) is 0 Å². The molecule has 0 spiro atoms. The molecule has 2 heterocycles. The van der Waals surface area contributed by atoms with E-state index in [4.69, 9.17) is 0 Å². The zero-order valence-electron chi connectivity index (χ0n) is 9.85. The summed E-state index contributed by atoms with van der Waals surface area (Å²) in [7, 11) is 0. The zero-order valence-corrected chi connectivity index (χ0v) is 9.85. The SMILES string of the molecule is CC(C)(C)N1CCC(n2nccn2)CC1. The van der Waals surface area contributed by atoms with Gasteiger partial charge in [0.15, 0.2) is 0 Å². The highest BCUT2D eigenvalue weighted by Crippen LogP contribution is 2.25. The molecule has 1 aromatic rings. The number of rotatable bonds is 1. The Balaban J connectivity index is 1.93. The largest absolute Gasteiger partial charge is 0.298 e. The fraction of sp³-hybridized carbons (Fsp3) is 0.818. The van der Waals surface area contributed by atoms with Gasteiger partial charge in [-0.25, -0.2) is 0 Å². The second-order valence-electron chi connectivity index (χ2n) is 5.24. The summed E-state index contributed by atoms with van der Waals surface area (Å²) in [5.74, 6) is 0. The first-order valence-electron chi connectivity index (χ1n) is 5.68. The van der Waals surface area contributed by atoms with Gasteiger partial charge in [0.2, 0.25) is 0 Å². The van der Waals surface area contributed by atoms with E-state index in [9.17, 15) is 0 Å². The molecule has 0 aliphatic carbocycles. The lowest BCUT2D eigenvalue weighted by Gasteiger charge is -2.40. The van der Waals surface area contributed by atoms with Crippen molar-refractivity contribution in [3.05, 3.63) is 12.4 Å². The van der Waals surface area contributed by atoms with E-state index in [1.807, 2.05) is 4.80 Å². The maximum absolute atomic E-state index is 4.21. The molecule has 1 saturated heterocycles. The van der Waals surface area contributed by atoms with E-state index in [0.717, 1.165) is 25.9 Å². The zero-order chi connectivity index (χ0) is 10.9. The Morgan fingerprint density at radius 3 is 2.07 bits per heavy atom. The van der Waals surface area contributed by atoms with Crippen LogP contribution in [0.15, 0.2) is 12.4 Å². The van der Waals surface area contributed by atoms with Gasteiger partial charge in [-0.2, -0.15) is 15.0 Å². The number of piperidine rings is 1. The van der Waals surface area contributed by atoms with E-state index in [0.29, 0.717) is 11.6 Å². The Bertz CT molecular complexity index is 291. The van der Waals surface area contributed by atoms with Crippen LogP contribution in [0.3, 0.4) is 0 Å². The van der Waals surface area contributed by atoms with Crippen molar-refractivity contribution in [1.82, 2.24) is 19.9 Å². The van der Waals surface area contributed by atoms with Crippen molar-refractivity contribution in [3.8, 4) is 0 Å². The molecule has 0 atom stereocenters. The Morgan fingerprint density at radius 1 is 1.07 bits per heavy atom. The molecular formula is C11H20N4. The van der Waals surface area contributed by atoms with Crippen LogP contribution in [0.1, 0.15) is 39.7 Å². The minimum absolute atomic E-state index is 0.294. The Labute approximate surface area is 91.3 Å². The molecule has 0 saturated carbocycles. The first-order chi connectivity index (χ1) is 7.07. The molecule has 1 aliphatic heterocycles. The molecule has 0 amide bonds. The summed E-state index contributed by atoms with van der Waals surface area (Å²) in [4.78, 5) is 4.40. The van der Waals surface area contributed by atoms with Crippen molar-refractivity contribution in [3.63, 3.8) is 0 Å². The molecule has 1 aliphatic rings. The van der Waals surface area contributed by atoms with Crippen molar-refractivity contribution >= 4 is 0 Å². The normalized spacial score (nSPS) is 20.7. The quantitative estimate of drug-likeness (QED) is 0.704. The molecule has 0 bridgehead atoms. The fourth-order valence-electron chi connectivity index (χ4n) is 2.18. The summed E-state index contributed by atoms with van der Waals surface area (Å²) < 4.78 is 0. The lowest BCUT2D eigenvalue weighted by molar-refractivity contribution is 0.0835. The number of nitrogens with zero attached hydrogens (tertiary/aromatic N) is 4. The molecule has 4 heteroatoms. The highest BCUT2D eigenvalue weighted by atomic mass is 15.5. The van der Waals surface area contributed by atoms with E-state index >= 15 is 0 Å². The summed E-state index contributed by atoms with van der Waals surface area (Å²) in [6, 6.07) is 0.499. The van der Waals surface area contributed by atoms with Crippen molar-refractivity contribution in [2.45, 2.75) is 45.2 Å². The van der Waals surface area contributed by atoms with E-state index in [-0.39, 0.29) is 0 Å². The van der Waals surface area contributed by atoms with Crippen molar-refractivity contribution in [1.29, 1.82) is 0 Å². The Morgan fingerprint density at radius 2 is 1.60 bits per heavy atom. The lowest BCUT2D eigenvalue weighted by Crippen LogP contribution is -2.46. The second kappa shape index (κ2) is 3.93. The molecular weight excluding hydrogens is 188 g/mol. The first kappa shape index (κ1) is 10.6. The first-order valence-corrected chi connectivity index (χ1v) is 5.68. The maximum Gasteiger partial charge on any atom is 0.0740 e. The summed E-state index contributed by atoms with van der Waals surface area (Å²) in [5.41, 5.74) is 0.294. The predicted molar refractivity (Wildman–Crippen MR) is 59.6 cm³/mol. The maximum atomic E-state index is 4.21. The number of hydrogen-bond acceptors (Lipinski definition) is 3. The smallest absolute Gasteiger partial charge is 0.0740 e. The molecule has 2 rings (SSSR count). The van der Waals surface area contributed by atoms with E-state index in [2.05, 4.69) is 35.9 Å². The Hall–Kier alpha value is -0.900. The second-order valence-corrected chi connectivity index (χ2v) is 5.24. The molecule has 0 radical (unpaired) electrons. The van der Waals surface area contributed by atoms with E-state index in [1.165, 1.54) is 0 Å². The molecule has 0 unspecified atom stereocenters. The summed E-state index contributed by atoms with van der Waals surface area (Å²) in [6.07, 6.45) is 5.84. The van der Waals surface area contributed by atoms with Crippen LogP contribution in [0.5, 0.6) is 0 Å². The highest BCUT2D eigenvalue weighted by Gasteiger charge is 2.28. The monoisotopic (exact) mass is 208 g/mol. The third-order valence-electron chi connectivity index (χ3n) is 3.18. The van der Waals surface area contributed by atoms with Gasteiger partial charge in [-0.05, 0) is 33.6 Å². The van der Waals surface area contributed by atoms with Crippen LogP contribution in [-0.4, -0.2) is 38.5 Å². The summed E-state index contributed by atoms with van der Waals surface area (Å²) in [5, 5.41) is 8.43. The van der Waals surface area contributed by atoms with Crippen molar-refractivity contribution in [2.24, 2.45) is 0 Å². The number of aromatic nitrogens is 3. The molecule has 0 N–H and O–H groups in total. The van der Waals surface area contributed by atoms with E-state index in [1.54, 1.807) is 12.4 Å². The van der Waals surface area contributed by atoms with E-state index < -0.39 is 0 Å². The number of likely N-dealkylation sites (tertiary alicyclic amines) is 1. The van der Waals surface area contributed by atoms with Gasteiger partial charge < -0.3 is 0 Å². The number of hydrogen-bond donors (Lipinski definition) is 0.